The van der Waals surface area contributed by atoms with Crippen LogP contribution in [0.15, 0.2) is 94.6 Å². The Hall–Kier alpha value is -2.92. The minimum absolute atomic E-state index is 0.0496. The van der Waals surface area contributed by atoms with Crippen LogP contribution in [0.5, 0.6) is 0 Å². The molecule has 0 N–H and O–H groups in total. The van der Waals surface area contributed by atoms with Crippen LogP contribution in [0.2, 0.25) is 0 Å². The number of nitrogens with zero attached hydrogens (tertiary/aromatic N) is 2. The molecule has 1 unspecified atom stereocenters. The van der Waals surface area contributed by atoms with Gasteiger partial charge in [0.1, 0.15) is 0 Å². The van der Waals surface area contributed by atoms with Gasteiger partial charge in [-0.15, -0.1) is 0 Å². The molecule has 0 radical (unpaired) electrons. The molecule has 3 aromatic rings. The van der Waals surface area contributed by atoms with Crippen molar-refractivity contribution < 1.29 is 9.63 Å². The summed E-state index contributed by atoms with van der Waals surface area (Å²) in [5.74, 6) is -0.0496. The fourth-order valence-corrected chi connectivity index (χ4v) is 3.77. The molecule has 1 atom stereocenters. The van der Waals surface area contributed by atoms with Crippen LogP contribution >= 0.6 is 15.9 Å². The van der Waals surface area contributed by atoms with Gasteiger partial charge in [-0.2, -0.15) is 0 Å². The highest BCUT2D eigenvalue weighted by atomic mass is 79.9. The number of halogens is 1. The van der Waals surface area contributed by atoms with Gasteiger partial charge in [0.25, 0.3) is 5.91 Å². The minimum Gasteiger partial charge on any atom is -0.382 e. The Kier molecular flexibility index (Phi) is 6.06. The molecule has 0 saturated carbocycles. The number of oxime groups is 1. The largest absolute Gasteiger partial charge is 0.382 e. The Labute approximate surface area is 178 Å². The molecule has 4 rings (SSSR count). The van der Waals surface area contributed by atoms with E-state index >= 15 is 0 Å². The average molecular weight is 449 g/mol. The minimum atomic E-state index is -0.601. The molecule has 1 aliphatic rings. The van der Waals surface area contributed by atoms with Crippen LogP contribution < -0.4 is 0 Å². The lowest BCUT2D eigenvalue weighted by molar-refractivity contribution is -0.143. The van der Waals surface area contributed by atoms with Gasteiger partial charge in [-0.05, 0) is 23.3 Å². The summed E-state index contributed by atoms with van der Waals surface area (Å²) in [5, 5.41) is 4.19. The molecule has 146 valence electrons. The molecule has 0 saturated heterocycles. The van der Waals surface area contributed by atoms with Crippen molar-refractivity contribution in [3.63, 3.8) is 0 Å². The first-order valence-corrected chi connectivity index (χ1v) is 10.3. The summed E-state index contributed by atoms with van der Waals surface area (Å²) in [7, 11) is 0. The van der Waals surface area contributed by atoms with Crippen molar-refractivity contribution in [2.45, 2.75) is 25.6 Å². The summed E-state index contributed by atoms with van der Waals surface area (Å²) in [5.41, 5.74) is 3.93. The number of carbonyl (C=O) groups is 1. The van der Waals surface area contributed by atoms with E-state index in [-0.39, 0.29) is 5.91 Å². The van der Waals surface area contributed by atoms with Crippen molar-refractivity contribution in [1.82, 2.24) is 4.90 Å². The predicted molar refractivity (Wildman–Crippen MR) is 117 cm³/mol. The molecule has 0 aromatic heterocycles. The van der Waals surface area contributed by atoms with E-state index in [0.717, 1.165) is 26.9 Å². The topological polar surface area (TPSA) is 41.9 Å². The molecule has 0 aliphatic carbocycles. The quantitative estimate of drug-likeness (QED) is 0.521. The number of carbonyl (C=O) groups excluding carboxylic acids is 1. The summed E-state index contributed by atoms with van der Waals surface area (Å²) in [4.78, 5) is 20.7. The molecule has 0 spiro atoms. The fraction of sp³-hybridized carbons (Fsp3) is 0.167. The first-order chi connectivity index (χ1) is 14.2. The number of hydrogen-bond acceptors (Lipinski definition) is 3. The molecule has 5 heteroatoms. The number of hydrogen-bond donors (Lipinski definition) is 0. The number of benzene rings is 3. The summed E-state index contributed by atoms with van der Waals surface area (Å²) in [6.45, 7) is 1.06. The highest BCUT2D eigenvalue weighted by molar-refractivity contribution is 9.10. The zero-order valence-corrected chi connectivity index (χ0v) is 17.5. The maximum absolute atomic E-state index is 13.3. The summed E-state index contributed by atoms with van der Waals surface area (Å²) < 4.78 is 0.974. The smallest absolute Gasteiger partial charge is 0.267 e. The second-order valence-corrected chi connectivity index (χ2v) is 7.93. The van der Waals surface area contributed by atoms with Gasteiger partial charge in [-0.25, -0.2) is 0 Å². The average Bonchev–Trinajstić information content (AvgIpc) is 3.25. The first-order valence-electron chi connectivity index (χ1n) is 9.54. The van der Waals surface area contributed by atoms with Crippen molar-refractivity contribution >= 4 is 27.5 Å². The van der Waals surface area contributed by atoms with Crippen LogP contribution in [0.4, 0.5) is 0 Å². The third-order valence-electron chi connectivity index (χ3n) is 4.85. The van der Waals surface area contributed by atoms with Gasteiger partial charge in [0.05, 0.1) is 5.71 Å². The van der Waals surface area contributed by atoms with Gasteiger partial charge in [-0.3, -0.25) is 4.79 Å². The third-order valence-corrected chi connectivity index (χ3v) is 5.34. The van der Waals surface area contributed by atoms with Crippen LogP contribution in [0.1, 0.15) is 23.1 Å². The van der Waals surface area contributed by atoms with Gasteiger partial charge < -0.3 is 9.74 Å². The highest BCUT2D eigenvalue weighted by Crippen LogP contribution is 2.22. The van der Waals surface area contributed by atoms with Gasteiger partial charge in [0.15, 0.2) is 0 Å². The van der Waals surface area contributed by atoms with E-state index in [1.165, 1.54) is 0 Å². The monoisotopic (exact) mass is 448 g/mol. The molecular weight excluding hydrogens is 428 g/mol. The molecule has 1 heterocycles. The van der Waals surface area contributed by atoms with Crippen molar-refractivity contribution in [2.24, 2.45) is 5.16 Å². The van der Waals surface area contributed by atoms with E-state index in [2.05, 4.69) is 21.1 Å². The van der Waals surface area contributed by atoms with E-state index in [4.69, 9.17) is 4.84 Å². The molecule has 3 aromatic carbocycles. The standard InChI is InChI=1S/C24H21BrN2O2/c25-21-13-7-12-20(14-21)22-15-23(29-26-22)24(28)27(16-18-8-3-1-4-9-18)17-19-10-5-2-6-11-19/h1-14,23H,15-17H2. The Bertz CT molecular complexity index is 964. The Morgan fingerprint density at radius 2 is 1.55 bits per heavy atom. The predicted octanol–water partition coefficient (Wildman–Crippen LogP) is 5.17. The van der Waals surface area contributed by atoms with Gasteiger partial charge in [-0.1, -0.05) is 93.9 Å². The molecular formula is C24H21BrN2O2. The lowest BCUT2D eigenvalue weighted by Gasteiger charge is -2.25. The summed E-state index contributed by atoms with van der Waals surface area (Å²) in [6.07, 6.45) is -0.133. The van der Waals surface area contributed by atoms with E-state index in [0.29, 0.717) is 19.5 Å². The van der Waals surface area contributed by atoms with Gasteiger partial charge in [0.2, 0.25) is 6.10 Å². The fourth-order valence-electron chi connectivity index (χ4n) is 3.37. The van der Waals surface area contributed by atoms with Crippen LogP contribution in [-0.4, -0.2) is 22.6 Å². The zero-order valence-electron chi connectivity index (χ0n) is 15.9. The van der Waals surface area contributed by atoms with Crippen LogP contribution in [0, 0.1) is 0 Å². The second-order valence-electron chi connectivity index (χ2n) is 7.01. The molecule has 4 nitrogen and oxygen atoms in total. The van der Waals surface area contributed by atoms with Crippen LogP contribution in [-0.2, 0) is 22.7 Å². The van der Waals surface area contributed by atoms with Crippen molar-refractivity contribution in [3.05, 3.63) is 106 Å². The lowest BCUT2D eigenvalue weighted by Crippen LogP contribution is -2.38. The molecule has 0 bridgehead atoms. The summed E-state index contributed by atoms with van der Waals surface area (Å²) in [6, 6.07) is 27.9. The van der Waals surface area contributed by atoms with E-state index in [1.54, 1.807) is 0 Å². The van der Waals surface area contributed by atoms with Crippen molar-refractivity contribution in [1.29, 1.82) is 0 Å². The number of rotatable bonds is 6. The maximum atomic E-state index is 13.3. The van der Waals surface area contributed by atoms with E-state index in [9.17, 15) is 4.79 Å². The van der Waals surface area contributed by atoms with Crippen LogP contribution in [0.3, 0.4) is 0 Å². The molecule has 1 amide bonds. The summed E-state index contributed by atoms with van der Waals surface area (Å²) >= 11 is 3.48. The van der Waals surface area contributed by atoms with Crippen LogP contribution in [0.25, 0.3) is 0 Å². The SMILES string of the molecule is O=C(C1CC(c2cccc(Br)c2)=NO1)N(Cc1ccccc1)Cc1ccccc1. The van der Waals surface area contributed by atoms with Crippen molar-refractivity contribution in [2.75, 3.05) is 0 Å². The zero-order chi connectivity index (χ0) is 20.1. The Morgan fingerprint density at radius 1 is 0.931 bits per heavy atom. The van der Waals surface area contributed by atoms with Crippen molar-refractivity contribution in [3.8, 4) is 0 Å². The normalized spacial score (nSPS) is 15.5. The van der Waals surface area contributed by atoms with E-state index in [1.807, 2.05) is 89.8 Å². The molecule has 1 aliphatic heterocycles. The molecule has 29 heavy (non-hydrogen) atoms. The Balaban J connectivity index is 1.50. The third kappa shape index (κ3) is 4.93. The lowest BCUT2D eigenvalue weighted by atomic mass is 10.0. The molecule has 0 fully saturated rings. The van der Waals surface area contributed by atoms with Gasteiger partial charge >= 0.3 is 0 Å². The first kappa shape index (κ1) is 19.4. The second kappa shape index (κ2) is 9.05. The number of amides is 1. The maximum Gasteiger partial charge on any atom is 0.267 e. The van der Waals surface area contributed by atoms with Gasteiger partial charge in [0, 0.05) is 29.5 Å². The van der Waals surface area contributed by atoms with E-state index < -0.39 is 6.10 Å². The Morgan fingerprint density at radius 3 is 2.14 bits per heavy atom. The highest BCUT2D eigenvalue weighted by Gasteiger charge is 2.32.